The van der Waals surface area contributed by atoms with Crippen LogP contribution in [0.15, 0.2) is 23.1 Å². The first kappa shape index (κ1) is 19.2. The lowest BCUT2D eigenvalue weighted by Gasteiger charge is -2.23. The van der Waals surface area contributed by atoms with Crippen LogP contribution in [0, 0.1) is 0 Å². The normalized spacial score (nSPS) is 19.8. The minimum Gasteiger partial charge on any atom is -0.490 e. The molecule has 2 heterocycles. The lowest BCUT2D eigenvalue weighted by molar-refractivity contribution is -0.121. The fraction of sp³-hybridized carbons (Fsp3) is 0.588. The van der Waals surface area contributed by atoms with Gasteiger partial charge in [-0.05, 0) is 37.6 Å². The second kappa shape index (κ2) is 10.0. The summed E-state index contributed by atoms with van der Waals surface area (Å²) in [7, 11) is 0. The molecule has 0 saturated carbocycles. The van der Waals surface area contributed by atoms with E-state index >= 15 is 0 Å². The average molecular weight is 373 g/mol. The number of fused-ring (bicyclic) bond motifs is 1. The Morgan fingerprint density at radius 3 is 2.88 bits per heavy atom. The van der Waals surface area contributed by atoms with E-state index in [1.54, 1.807) is 11.8 Å². The number of piperidine rings is 1. The fourth-order valence-electron chi connectivity index (χ4n) is 2.77. The van der Waals surface area contributed by atoms with Gasteiger partial charge < -0.3 is 20.1 Å². The van der Waals surface area contributed by atoms with Crippen LogP contribution >= 0.6 is 24.2 Å². The zero-order chi connectivity index (χ0) is 15.9. The molecule has 134 valence electrons. The summed E-state index contributed by atoms with van der Waals surface area (Å²) in [5.74, 6) is 2.53. The van der Waals surface area contributed by atoms with Crippen molar-refractivity contribution in [3.05, 3.63) is 18.2 Å². The molecule has 7 heteroatoms. The van der Waals surface area contributed by atoms with Gasteiger partial charge in [0.1, 0.15) is 0 Å². The van der Waals surface area contributed by atoms with Gasteiger partial charge in [0.05, 0.1) is 13.2 Å². The number of halogens is 1. The van der Waals surface area contributed by atoms with E-state index in [9.17, 15) is 4.79 Å². The Bertz CT molecular complexity index is 539. The van der Waals surface area contributed by atoms with Gasteiger partial charge >= 0.3 is 0 Å². The van der Waals surface area contributed by atoms with Gasteiger partial charge in [-0.15, -0.1) is 24.2 Å². The quantitative estimate of drug-likeness (QED) is 0.778. The van der Waals surface area contributed by atoms with E-state index in [-0.39, 0.29) is 18.3 Å². The van der Waals surface area contributed by atoms with Gasteiger partial charge in [0, 0.05) is 36.1 Å². The van der Waals surface area contributed by atoms with E-state index in [0.717, 1.165) is 54.5 Å². The van der Waals surface area contributed by atoms with Crippen LogP contribution in [0.2, 0.25) is 0 Å². The average Bonchev–Trinajstić information content (AvgIpc) is 2.80. The van der Waals surface area contributed by atoms with Crippen molar-refractivity contribution in [2.24, 2.45) is 0 Å². The minimum atomic E-state index is 0. The Morgan fingerprint density at radius 1 is 1.25 bits per heavy atom. The first-order valence-electron chi connectivity index (χ1n) is 8.34. The van der Waals surface area contributed by atoms with Gasteiger partial charge in [0.25, 0.3) is 0 Å². The molecule has 0 aliphatic carbocycles. The molecular formula is C17H25ClN2O3S. The number of ether oxygens (including phenoxy) is 2. The molecule has 1 atom stereocenters. The van der Waals surface area contributed by atoms with Crippen LogP contribution in [0.4, 0.5) is 0 Å². The van der Waals surface area contributed by atoms with E-state index in [1.165, 1.54) is 0 Å². The molecule has 1 aromatic carbocycles. The van der Waals surface area contributed by atoms with Crippen molar-refractivity contribution in [1.82, 2.24) is 10.6 Å². The number of thioether (sulfide) groups is 1. The maximum absolute atomic E-state index is 12.0. The monoisotopic (exact) mass is 372 g/mol. The third kappa shape index (κ3) is 5.76. The number of benzene rings is 1. The highest BCUT2D eigenvalue weighted by Crippen LogP contribution is 2.33. The van der Waals surface area contributed by atoms with E-state index in [4.69, 9.17) is 9.47 Å². The van der Waals surface area contributed by atoms with Crippen LogP contribution in [0.25, 0.3) is 0 Å². The molecule has 3 rings (SSSR count). The molecule has 1 saturated heterocycles. The van der Waals surface area contributed by atoms with Gasteiger partial charge in [-0.1, -0.05) is 0 Å². The molecule has 24 heavy (non-hydrogen) atoms. The second-order valence-corrected chi connectivity index (χ2v) is 7.04. The largest absolute Gasteiger partial charge is 0.490 e. The minimum absolute atomic E-state index is 0. The van der Waals surface area contributed by atoms with E-state index < -0.39 is 0 Å². The van der Waals surface area contributed by atoms with Crippen molar-refractivity contribution in [1.29, 1.82) is 0 Å². The third-order valence-corrected chi connectivity index (χ3v) is 4.97. The smallest absolute Gasteiger partial charge is 0.221 e. The molecule has 0 unspecified atom stereocenters. The highest BCUT2D eigenvalue weighted by molar-refractivity contribution is 7.99. The standard InChI is InChI=1S/C17H24N2O3S.ClH/c20-17(19-13-3-1-7-18-12-13)6-10-23-14-4-5-15-16(11-14)22-9-2-8-21-15;/h4-5,11,13,18H,1-3,6-10,12H2,(H,19,20);1H/t13-;/m0./s1. The van der Waals surface area contributed by atoms with Crippen LogP contribution < -0.4 is 20.1 Å². The molecule has 5 nitrogen and oxygen atoms in total. The summed E-state index contributed by atoms with van der Waals surface area (Å²) in [6, 6.07) is 6.28. The van der Waals surface area contributed by atoms with E-state index in [0.29, 0.717) is 25.7 Å². The number of nitrogens with one attached hydrogen (secondary N) is 2. The highest BCUT2D eigenvalue weighted by atomic mass is 35.5. The number of hydrogen-bond donors (Lipinski definition) is 2. The van der Waals surface area contributed by atoms with Crippen molar-refractivity contribution in [2.75, 3.05) is 32.1 Å². The van der Waals surface area contributed by atoms with Crippen LogP contribution in [-0.2, 0) is 4.79 Å². The predicted molar refractivity (Wildman–Crippen MR) is 98.7 cm³/mol. The Balaban J connectivity index is 0.00000208. The second-order valence-electron chi connectivity index (χ2n) is 5.87. The molecule has 0 aromatic heterocycles. The van der Waals surface area contributed by atoms with Gasteiger partial charge in [-0.25, -0.2) is 0 Å². The molecule has 0 radical (unpaired) electrons. The van der Waals surface area contributed by atoms with Gasteiger partial charge in [-0.3, -0.25) is 4.79 Å². The Morgan fingerprint density at radius 2 is 2.08 bits per heavy atom. The molecule has 1 fully saturated rings. The van der Waals surface area contributed by atoms with E-state index in [2.05, 4.69) is 10.6 Å². The maximum Gasteiger partial charge on any atom is 0.221 e. The number of carbonyl (C=O) groups is 1. The highest BCUT2D eigenvalue weighted by Gasteiger charge is 2.15. The van der Waals surface area contributed by atoms with Crippen molar-refractivity contribution in [2.45, 2.75) is 36.6 Å². The fourth-order valence-corrected chi connectivity index (χ4v) is 3.65. The maximum atomic E-state index is 12.0. The zero-order valence-corrected chi connectivity index (χ0v) is 15.3. The first-order chi connectivity index (χ1) is 11.3. The molecule has 2 aliphatic heterocycles. The topological polar surface area (TPSA) is 59.6 Å². The van der Waals surface area contributed by atoms with E-state index in [1.807, 2.05) is 18.2 Å². The molecule has 0 bridgehead atoms. The first-order valence-corrected chi connectivity index (χ1v) is 9.32. The van der Waals surface area contributed by atoms with Crippen molar-refractivity contribution in [3.63, 3.8) is 0 Å². The van der Waals surface area contributed by atoms with Crippen LogP contribution in [-0.4, -0.2) is 44.0 Å². The summed E-state index contributed by atoms with van der Waals surface area (Å²) in [6.07, 6.45) is 3.66. The molecule has 1 amide bonds. The summed E-state index contributed by atoms with van der Waals surface area (Å²) < 4.78 is 11.3. The van der Waals surface area contributed by atoms with Crippen LogP contribution in [0.1, 0.15) is 25.7 Å². The lowest BCUT2D eigenvalue weighted by atomic mass is 10.1. The number of hydrogen-bond acceptors (Lipinski definition) is 5. The molecule has 1 aromatic rings. The number of rotatable bonds is 5. The molecule has 2 N–H and O–H groups in total. The molecule has 2 aliphatic rings. The Labute approximate surface area is 153 Å². The SMILES string of the molecule is Cl.O=C(CCSc1ccc2c(c1)OCCCO2)N[C@H]1CCCNC1. The Kier molecular flexibility index (Phi) is 8.02. The summed E-state index contributed by atoms with van der Waals surface area (Å²) in [4.78, 5) is 13.1. The lowest BCUT2D eigenvalue weighted by Crippen LogP contribution is -2.45. The number of amides is 1. The number of carbonyl (C=O) groups excluding carboxylic acids is 1. The summed E-state index contributed by atoms with van der Waals surface area (Å²) in [6.45, 7) is 3.35. The zero-order valence-electron chi connectivity index (χ0n) is 13.7. The third-order valence-electron chi connectivity index (χ3n) is 3.98. The summed E-state index contributed by atoms with van der Waals surface area (Å²) in [5.41, 5.74) is 0. The van der Waals surface area contributed by atoms with Crippen molar-refractivity contribution in [3.8, 4) is 11.5 Å². The molecule has 0 spiro atoms. The molecular weight excluding hydrogens is 348 g/mol. The van der Waals surface area contributed by atoms with Crippen LogP contribution in [0.3, 0.4) is 0 Å². The van der Waals surface area contributed by atoms with Gasteiger partial charge in [-0.2, -0.15) is 0 Å². The van der Waals surface area contributed by atoms with Crippen LogP contribution in [0.5, 0.6) is 11.5 Å². The van der Waals surface area contributed by atoms with Gasteiger partial charge in [0.2, 0.25) is 5.91 Å². The summed E-state index contributed by atoms with van der Waals surface area (Å²) in [5, 5.41) is 6.41. The van der Waals surface area contributed by atoms with Crippen molar-refractivity contribution >= 4 is 30.1 Å². The van der Waals surface area contributed by atoms with Crippen molar-refractivity contribution < 1.29 is 14.3 Å². The predicted octanol–water partition coefficient (Wildman–Crippen LogP) is 2.62. The Hall–Kier alpha value is -1.11. The summed E-state index contributed by atoms with van der Waals surface area (Å²) >= 11 is 1.68. The van der Waals surface area contributed by atoms with Gasteiger partial charge in [0.15, 0.2) is 11.5 Å².